The van der Waals surface area contributed by atoms with Crippen LogP contribution in [0.25, 0.3) is 0 Å². The molecule has 2 saturated heterocycles. The predicted molar refractivity (Wildman–Crippen MR) is 136 cm³/mol. The number of hydrogen-bond donors (Lipinski definition) is 1. The molecule has 8 nitrogen and oxygen atoms in total. The SMILES string of the molecule is O=C(O)c1c(Cl)nc(CN2CCC(c3cccc(OCc4ccc(Cl)cc4F)n3)CC2)n1C[C@@H]1CCO1. The van der Waals surface area contributed by atoms with Gasteiger partial charge in [-0.2, -0.15) is 0 Å². The van der Waals surface area contributed by atoms with E-state index in [9.17, 15) is 14.3 Å². The van der Waals surface area contributed by atoms with Crippen LogP contribution in [0, 0.1) is 5.82 Å². The molecule has 0 bridgehead atoms. The van der Waals surface area contributed by atoms with Gasteiger partial charge in [0.05, 0.1) is 19.2 Å². The van der Waals surface area contributed by atoms with Crippen LogP contribution in [0.2, 0.25) is 10.2 Å². The van der Waals surface area contributed by atoms with Crippen molar-refractivity contribution in [3.8, 4) is 5.88 Å². The Hall–Kier alpha value is -2.72. The molecule has 0 amide bonds. The molecular formula is C26H27Cl2FN4O4. The van der Waals surface area contributed by atoms with Crippen molar-refractivity contribution in [1.82, 2.24) is 19.4 Å². The Balaban J connectivity index is 1.19. The van der Waals surface area contributed by atoms with Crippen molar-refractivity contribution in [1.29, 1.82) is 0 Å². The van der Waals surface area contributed by atoms with Gasteiger partial charge in [0.15, 0.2) is 10.8 Å². The zero-order valence-corrected chi connectivity index (χ0v) is 21.6. The number of carboxylic acid groups (broad SMARTS) is 1. The van der Waals surface area contributed by atoms with Gasteiger partial charge in [-0.05, 0) is 50.6 Å². The van der Waals surface area contributed by atoms with Crippen LogP contribution in [0.5, 0.6) is 5.88 Å². The third kappa shape index (κ3) is 6.06. The second kappa shape index (κ2) is 11.3. The van der Waals surface area contributed by atoms with Crippen LogP contribution in [-0.4, -0.2) is 56.3 Å². The summed E-state index contributed by atoms with van der Waals surface area (Å²) in [6, 6.07) is 10.2. The first-order chi connectivity index (χ1) is 17.9. The first-order valence-corrected chi connectivity index (χ1v) is 13.0. The van der Waals surface area contributed by atoms with Crippen LogP contribution in [0.3, 0.4) is 0 Å². The molecule has 11 heteroatoms. The summed E-state index contributed by atoms with van der Waals surface area (Å²) in [5.41, 5.74) is 1.37. The third-order valence-electron chi connectivity index (χ3n) is 6.89. The summed E-state index contributed by atoms with van der Waals surface area (Å²) in [6.07, 6.45) is 2.65. The molecule has 2 aliphatic heterocycles. The number of benzene rings is 1. The first-order valence-electron chi connectivity index (χ1n) is 12.2. The Morgan fingerprint density at radius 1 is 1.16 bits per heavy atom. The molecule has 2 aromatic heterocycles. The molecule has 0 unspecified atom stereocenters. The monoisotopic (exact) mass is 548 g/mol. The van der Waals surface area contributed by atoms with Gasteiger partial charge in [-0.3, -0.25) is 4.90 Å². The van der Waals surface area contributed by atoms with Crippen LogP contribution in [0.15, 0.2) is 36.4 Å². The molecule has 2 fully saturated rings. The number of ether oxygens (including phenoxy) is 2. The van der Waals surface area contributed by atoms with Crippen molar-refractivity contribution in [3.05, 3.63) is 75.2 Å². The maximum Gasteiger partial charge on any atom is 0.355 e. The van der Waals surface area contributed by atoms with Gasteiger partial charge in [0.1, 0.15) is 18.2 Å². The molecule has 37 heavy (non-hydrogen) atoms. The number of rotatable bonds is 9. The molecule has 2 aliphatic rings. The molecule has 0 saturated carbocycles. The molecule has 1 N–H and O–H groups in total. The molecule has 0 spiro atoms. The maximum absolute atomic E-state index is 14.0. The lowest BCUT2D eigenvalue weighted by atomic mass is 9.93. The lowest BCUT2D eigenvalue weighted by molar-refractivity contribution is -0.0600. The summed E-state index contributed by atoms with van der Waals surface area (Å²) in [4.78, 5) is 23.1. The highest BCUT2D eigenvalue weighted by Crippen LogP contribution is 2.30. The molecule has 1 atom stereocenters. The summed E-state index contributed by atoms with van der Waals surface area (Å²) in [7, 11) is 0. The summed E-state index contributed by atoms with van der Waals surface area (Å²) in [5, 5.41) is 9.99. The van der Waals surface area contributed by atoms with Gasteiger partial charge in [-0.25, -0.2) is 19.2 Å². The molecule has 196 valence electrons. The Labute approximate surface area is 223 Å². The van der Waals surface area contributed by atoms with E-state index in [0.717, 1.165) is 38.0 Å². The van der Waals surface area contributed by atoms with E-state index in [4.69, 9.17) is 32.7 Å². The second-order valence-corrected chi connectivity index (χ2v) is 10.1. The van der Waals surface area contributed by atoms with E-state index < -0.39 is 11.8 Å². The Morgan fingerprint density at radius 2 is 1.95 bits per heavy atom. The van der Waals surface area contributed by atoms with E-state index in [1.165, 1.54) is 6.07 Å². The number of carbonyl (C=O) groups is 1. The van der Waals surface area contributed by atoms with Crippen LogP contribution < -0.4 is 4.74 Å². The van der Waals surface area contributed by atoms with Crippen molar-refractivity contribution < 1.29 is 23.8 Å². The van der Waals surface area contributed by atoms with Gasteiger partial charge in [0, 0.05) is 34.9 Å². The number of nitrogens with zero attached hydrogens (tertiary/aromatic N) is 4. The third-order valence-corrected chi connectivity index (χ3v) is 7.39. The molecule has 4 heterocycles. The van der Waals surface area contributed by atoms with Gasteiger partial charge in [-0.1, -0.05) is 35.3 Å². The summed E-state index contributed by atoms with van der Waals surface area (Å²) >= 11 is 12.0. The van der Waals surface area contributed by atoms with Crippen molar-refractivity contribution in [3.63, 3.8) is 0 Å². The minimum atomic E-state index is -1.09. The number of pyridine rings is 1. The van der Waals surface area contributed by atoms with Crippen LogP contribution >= 0.6 is 23.2 Å². The van der Waals surface area contributed by atoms with Gasteiger partial charge < -0.3 is 19.1 Å². The Kier molecular flexibility index (Phi) is 7.95. The molecule has 1 aromatic carbocycles. The van der Waals surface area contributed by atoms with Gasteiger partial charge in [0.2, 0.25) is 5.88 Å². The largest absolute Gasteiger partial charge is 0.476 e. The number of aromatic carboxylic acids is 1. The Bertz CT molecular complexity index is 1280. The smallest absolute Gasteiger partial charge is 0.355 e. The van der Waals surface area contributed by atoms with E-state index in [-0.39, 0.29) is 29.5 Å². The number of carboxylic acids is 1. The average molecular weight is 549 g/mol. The number of halogens is 3. The summed E-state index contributed by atoms with van der Waals surface area (Å²) in [6.45, 7) is 3.31. The van der Waals surface area contributed by atoms with E-state index in [1.807, 2.05) is 12.1 Å². The normalized spacial score (nSPS) is 18.5. The first kappa shape index (κ1) is 25.9. The fourth-order valence-electron chi connectivity index (χ4n) is 4.74. The summed E-state index contributed by atoms with van der Waals surface area (Å²) in [5.74, 6) is -0.152. The number of imidazole rings is 1. The highest BCUT2D eigenvalue weighted by atomic mass is 35.5. The van der Waals surface area contributed by atoms with Gasteiger partial charge in [-0.15, -0.1) is 0 Å². The number of aromatic nitrogens is 3. The van der Waals surface area contributed by atoms with Crippen LogP contribution in [-0.2, 0) is 24.4 Å². The fourth-order valence-corrected chi connectivity index (χ4v) is 5.18. The molecule has 5 rings (SSSR count). The molecular weight excluding hydrogens is 522 g/mol. The van der Waals surface area contributed by atoms with Crippen LogP contribution in [0.4, 0.5) is 4.39 Å². The zero-order valence-electron chi connectivity index (χ0n) is 20.1. The van der Waals surface area contributed by atoms with Crippen molar-refractivity contribution in [2.24, 2.45) is 0 Å². The minimum absolute atomic E-state index is 0.00962. The molecule has 0 radical (unpaired) electrons. The zero-order chi connectivity index (χ0) is 25.9. The lowest BCUT2D eigenvalue weighted by Gasteiger charge is -2.32. The topological polar surface area (TPSA) is 89.7 Å². The van der Waals surface area contributed by atoms with E-state index in [0.29, 0.717) is 42.0 Å². The lowest BCUT2D eigenvalue weighted by Crippen LogP contribution is -2.36. The number of piperidine rings is 1. The highest BCUT2D eigenvalue weighted by Gasteiger charge is 2.29. The maximum atomic E-state index is 14.0. The Morgan fingerprint density at radius 3 is 2.62 bits per heavy atom. The number of likely N-dealkylation sites (tertiary alicyclic amines) is 1. The second-order valence-electron chi connectivity index (χ2n) is 9.34. The van der Waals surface area contributed by atoms with E-state index in [2.05, 4.69) is 14.9 Å². The molecule has 0 aliphatic carbocycles. The molecule has 3 aromatic rings. The van der Waals surface area contributed by atoms with Crippen LogP contribution in [0.1, 0.15) is 52.8 Å². The van der Waals surface area contributed by atoms with Crippen molar-refractivity contribution >= 4 is 29.2 Å². The fraction of sp³-hybridized carbons (Fsp3) is 0.423. The predicted octanol–water partition coefficient (Wildman–Crippen LogP) is 5.17. The quantitative estimate of drug-likeness (QED) is 0.394. The standard InChI is InChI=1S/C26H27Cl2FN4O4/c27-18-5-4-17(20(29)12-18)15-37-23-3-1-2-21(30-23)16-6-9-32(10-7-16)14-22-31-25(28)24(26(34)35)33(22)13-19-8-11-36-19/h1-5,12,16,19H,6-11,13-15H2,(H,34,35)/t19-/m0/s1. The van der Waals surface area contributed by atoms with Crippen molar-refractivity contribution in [2.75, 3.05) is 19.7 Å². The van der Waals surface area contributed by atoms with Crippen molar-refractivity contribution in [2.45, 2.75) is 51.0 Å². The highest BCUT2D eigenvalue weighted by molar-refractivity contribution is 6.32. The van der Waals surface area contributed by atoms with E-state index in [1.54, 1.807) is 22.8 Å². The van der Waals surface area contributed by atoms with Gasteiger partial charge >= 0.3 is 5.97 Å². The van der Waals surface area contributed by atoms with Gasteiger partial charge in [0.25, 0.3) is 0 Å². The average Bonchev–Trinajstić information content (AvgIpc) is 3.16. The minimum Gasteiger partial charge on any atom is -0.476 e. The summed E-state index contributed by atoms with van der Waals surface area (Å²) < 4.78 is 27.0. The van der Waals surface area contributed by atoms with E-state index >= 15 is 0 Å². The number of hydrogen-bond acceptors (Lipinski definition) is 6.